The molecule has 23 heavy (non-hydrogen) atoms. The van der Waals surface area contributed by atoms with E-state index in [0.29, 0.717) is 17.4 Å². The van der Waals surface area contributed by atoms with E-state index < -0.39 is 0 Å². The molecule has 2 heterocycles. The zero-order valence-corrected chi connectivity index (χ0v) is 13.3. The SMILES string of the molecule is Cn1cc(-c2cc(Cl)cc(OCc3ccccn3)c2)ccc1=O. The molecule has 0 aliphatic carbocycles. The Morgan fingerprint density at radius 3 is 2.74 bits per heavy atom. The van der Waals surface area contributed by atoms with Crippen molar-refractivity contribution in [2.24, 2.45) is 7.05 Å². The Bertz CT molecular complexity index is 876. The van der Waals surface area contributed by atoms with Crippen molar-refractivity contribution in [2.75, 3.05) is 0 Å². The summed E-state index contributed by atoms with van der Waals surface area (Å²) in [5.74, 6) is 0.659. The second-order valence-corrected chi connectivity index (χ2v) is 5.59. The van der Waals surface area contributed by atoms with Crippen LogP contribution in [0.5, 0.6) is 5.75 Å². The van der Waals surface area contributed by atoms with Gasteiger partial charge < -0.3 is 9.30 Å². The maximum Gasteiger partial charge on any atom is 0.250 e. The van der Waals surface area contributed by atoms with E-state index in [9.17, 15) is 4.79 Å². The van der Waals surface area contributed by atoms with E-state index in [4.69, 9.17) is 16.3 Å². The van der Waals surface area contributed by atoms with Crippen LogP contribution in [0.4, 0.5) is 0 Å². The Labute approximate surface area is 139 Å². The van der Waals surface area contributed by atoms with Gasteiger partial charge in [0.25, 0.3) is 0 Å². The number of pyridine rings is 2. The van der Waals surface area contributed by atoms with Gasteiger partial charge in [0.15, 0.2) is 0 Å². The van der Waals surface area contributed by atoms with Gasteiger partial charge in [-0.05, 0) is 47.5 Å². The van der Waals surface area contributed by atoms with Crippen LogP contribution in [0.2, 0.25) is 5.02 Å². The van der Waals surface area contributed by atoms with Crippen LogP contribution < -0.4 is 10.3 Å². The largest absolute Gasteiger partial charge is 0.487 e. The van der Waals surface area contributed by atoms with Crippen LogP contribution in [-0.2, 0) is 13.7 Å². The lowest BCUT2D eigenvalue weighted by Crippen LogP contribution is -2.13. The van der Waals surface area contributed by atoms with Crippen molar-refractivity contribution in [1.29, 1.82) is 0 Å². The lowest BCUT2D eigenvalue weighted by molar-refractivity contribution is 0.301. The number of halogens is 1. The fourth-order valence-electron chi connectivity index (χ4n) is 2.22. The molecule has 0 amide bonds. The van der Waals surface area contributed by atoms with Gasteiger partial charge in [-0.1, -0.05) is 17.7 Å². The Kier molecular flexibility index (Phi) is 4.44. The van der Waals surface area contributed by atoms with Crippen LogP contribution in [0.3, 0.4) is 0 Å². The summed E-state index contributed by atoms with van der Waals surface area (Å²) in [5, 5.41) is 0.576. The molecule has 116 valence electrons. The highest BCUT2D eigenvalue weighted by Crippen LogP contribution is 2.28. The molecule has 0 aliphatic heterocycles. The van der Waals surface area contributed by atoms with Gasteiger partial charge >= 0.3 is 0 Å². The molecule has 1 aromatic carbocycles. The number of rotatable bonds is 4. The number of ether oxygens (including phenoxy) is 1. The van der Waals surface area contributed by atoms with Crippen LogP contribution in [0, 0.1) is 0 Å². The first-order valence-corrected chi connectivity index (χ1v) is 7.50. The monoisotopic (exact) mass is 326 g/mol. The summed E-state index contributed by atoms with van der Waals surface area (Å²) in [7, 11) is 1.72. The fraction of sp³-hybridized carbons (Fsp3) is 0.111. The number of aromatic nitrogens is 2. The van der Waals surface area contributed by atoms with Gasteiger partial charge in [-0.2, -0.15) is 0 Å². The number of benzene rings is 1. The highest BCUT2D eigenvalue weighted by molar-refractivity contribution is 6.31. The molecule has 0 N–H and O–H groups in total. The summed E-state index contributed by atoms with van der Waals surface area (Å²) in [5.41, 5.74) is 2.58. The predicted molar refractivity (Wildman–Crippen MR) is 90.7 cm³/mol. The highest BCUT2D eigenvalue weighted by Gasteiger charge is 2.05. The maximum absolute atomic E-state index is 11.5. The smallest absolute Gasteiger partial charge is 0.250 e. The molecule has 0 spiro atoms. The van der Waals surface area contributed by atoms with E-state index in [1.165, 1.54) is 10.6 Å². The second kappa shape index (κ2) is 6.67. The van der Waals surface area contributed by atoms with Crippen molar-refractivity contribution in [1.82, 2.24) is 9.55 Å². The Balaban J connectivity index is 1.86. The average molecular weight is 327 g/mol. The van der Waals surface area contributed by atoms with Crippen molar-refractivity contribution >= 4 is 11.6 Å². The fourth-order valence-corrected chi connectivity index (χ4v) is 2.44. The van der Waals surface area contributed by atoms with Crippen molar-refractivity contribution in [3.05, 3.63) is 82.0 Å². The third-order valence-corrected chi connectivity index (χ3v) is 3.62. The van der Waals surface area contributed by atoms with Crippen molar-refractivity contribution in [2.45, 2.75) is 6.61 Å². The van der Waals surface area contributed by atoms with E-state index >= 15 is 0 Å². The average Bonchev–Trinajstić information content (AvgIpc) is 2.56. The minimum atomic E-state index is -0.0533. The van der Waals surface area contributed by atoms with Crippen LogP contribution in [0.25, 0.3) is 11.1 Å². The first-order chi connectivity index (χ1) is 11.1. The van der Waals surface area contributed by atoms with Gasteiger partial charge in [0.1, 0.15) is 12.4 Å². The van der Waals surface area contributed by atoms with Gasteiger partial charge in [-0.3, -0.25) is 9.78 Å². The lowest BCUT2D eigenvalue weighted by atomic mass is 10.1. The number of hydrogen-bond donors (Lipinski definition) is 0. The number of aryl methyl sites for hydroxylation is 1. The van der Waals surface area contributed by atoms with Crippen LogP contribution in [0.1, 0.15) is 5.69 Å². The second-order valence-electron chi connectivity index (χ2n) is 5.15. The van der Waals surface area contributed by atoms with Gasteiger partial charge in [-0.25, -0.2) is 0 Å². The quantitative estimate of drug-likeness (QED) is 0.734. The van der Waals surface area contributed by atoms with E-state index in [1.807, 2.05) is 30.3 Å². The maximum atomic E-state index is 11.5. The van der Waals surface area contributed by atoms with Gasteiger partial charge in [0.2, 0.25) is 5.56 Å². The molecule has 0 bridgehead atoms. The normalized spacial score (nSPS) is 10.5. The topological polar surface area (TPSA) is 44.1 Å². The Morgan fingerprint density at radius 1 is 1.13 bits per heavy atom. The Morgan fingerprint density at radius 2 is 2.00 bits per heavy atom. The molecule has 4 nitrogen and oxygen atoms in total. The molecule has 0 unspecified atom stereocenters. The summed E-state index contributed by atoms with van der Waals surface area (Å²) >= 11 is 6.19. The van der Waals surface area contributed by atoms with Gasteiger partial charge in [0.05, 0.1) is 5.69 Å². The first-order valence-electron chi connectivity index (χ1n) is 7.12. The van der Waals surface area contributed by atoms with Gasteiger partial charge in [0, 0.05) is 30.5 Å². The molecular weight excluding hydrogens is 312 g/mol. The third-order valence-electron chi connectivity index (χ3n) is 3.40. The van der Waals surface area contributed by atoms with Crippen LogP contribution in [-0.4, -0.2) is 9.55 Å². The number of nitrogens with zero attached hydrogens (tertiary/aromatic N) is 2. The minimum Gasteiger partial charge on any atom is -0.487 e. The molecule has 0 aliphatic rings. The molecule has 3 aromatic rings. The van der Waals surface area contributed by atoms with Crippen molar-refractivity contribution < 1.29 is 4.74 Å². The molecule has 0 atom stereocenters. The zero-order chi connectivity index (χ0) is 16.2. The highest BCUT2D eigenvalue weighted by atomic mass is 35.5. The minimum absolute atomic E-state index is 0.0533. The summed E-state index contributed by atoms with van der Waals surface area (Å²) in [4.78, 5) is 15.7. The molecule has 0 radical (unpaired) electrons. The zero-order valence-electron chi connectivity index (χ0n) is 12.6. The van der Waals surface area contributed by atoms with Crippen molar-refractivity contribution in [3.8, 4) is 16.9 Å². The van der Waals surface area contributed by atoms with Crippen molar-refractivity contribution in [3.63, 3.8) is 0 Å². The summed E-state index contributed by atoms with van der Waals surface area (Å²) < 4.78 is 7.31. The molecule has 3 rings (SSSR count). The van der Waals surface area contributed by atoms with E-state index in [1.54, 1.807) is 31.6 Å². The summed E-state index contributed by atoms with van der Waals surface area (Å²) in [6.07, 6.45) is 3.50. The molecule has 0 fully saturated rings. The molecule has 5 heteroatoms. The standard InChI is InChI=1S/C18H15ClN2O2/c1-21-11-13(5-6-18(21)22)14-8-15(19)10-17(9-14)23-12-16-4-2-3-7-20-16/h2-11H,12H2,1H3. The van der Waals surface area contributed by atoms with E-state index in [0.717, 1.165) is 16.8 Å². The van der Waals surface area contributed by atoms with E-state index in [2.05, 4.69) is 4.98 Å². The molecule has 2 aromatic heterocycles. The molecule has 0 saturated carbocycles. The first kappa shape index (κ1) is 15.3. The lowest BCUT2D eigenvalue weighted by Gasteiger charge is -2.10. The van der Waals surface area contributed by atoms with Crippen LogP contribution in [0.15, 0.2) is 65.7 Å². The summed E-state index contributed by atoms with van der Waals surface area (Å²) in [6, 6.07) is 14.5. The molecular formula is C18H15ClN2O2. The predicted octanol–water partition coefficient (Wildman–Crippen LogP) is 3.68. The van der Waals surface area contributed by atoms with Gasteiger partial charge in [-0.15, -0.1) is 0 Å². The molecule has 0 saturated heterocycles. The number of hydrogen-bond acceptors (Lipinski definition) is 3. The third kappa shape index (κ3) is 3.79. The van der Waals surface area contributed by atoms with Crippen LogP contribution >= 0.6 is 11.6 Å². The Hall–Kier alpha value is -2.59. The summed E-state index contributed by atoms with van der Waals surface area (Å²) in [6.45, 7) is 0.369. The van der Waals surface area contributed by atoms with E-state index in [-0.39, 0.29) is 5.56 Å².